The Morgan fingerprint density at radius 2 is 2.29 bits per heavy atom. The summed E-state index contributed by atoms with van der Waals surface area (Å²) in [6, 6.07) is 7.72. The number of hydrogen-bond acceptors (Lipinski definition) is 2. The molecule has 1 unspecified atom stereocenters. The number of rotatable bonds is 1. The molecule has 0 bridgehead atoms. The quantitative estimate of drug-likeness (QED) is 0.766. The number of nitriles is 1. The molecule has 1 aliphatic rings. The third-order valence-electron chi connectivity index (χ3n) is 2.58. The molecule has 14 heavy (non-hydrogen) atoms. The summed E-state index contributed by atoms with van der Waals surface area (Å²) in [5.74, 6) is 0.515. The van der Waals surface area contributed by atoms with Crippen LogP contribution in [0.5, 0.6) is 0 Å². The van der Waals surface area contributed by atoms with Gasteiger partial charge in [0.25, 0.3) is 0 Å². The molecular weight excluding hydrogens is 196 g/mol. The summed E-state index contributed by atoms with van der Waals surface area (Å²) in [7, 11) is 0. The average Bonchev–Trinajstić information content (AvgIpc) is 2.69. The third kappa shape index (κ3) is 1.89. The second-order valence-corrected chi connectivity index (χ2v) is 4.01. The highest BCUT2D eigenvalue weighted by Gasteiger charge is 2.17. The summed E-state index contributed by atoms with van der Waals surface area (Å²) in [6.45, 7) is 2.05. The zero-order chi connectivity index (χ0) is 9.97. The summed E-state index contributed by atoms with van der Waals surface area (Å²) >= 11 is 5.94. The van der Waals surface area contributed by atoms with Crippen molar-refractivity contribution in [1.29, 1.82) is 5.26 Å². The molecule has 0 amide bonds. The third-order valence-corrected chi connectivity index (χ3v) is 2.80. The minimum atomic E-state index is 0.515. The van der Waals surface area contributed by atoms with E-state index in [4.69, 9.17) is 16.9 Å². The first-order valence-corrected chi connectivity index (χ1v) is 5.08. The Morgan fingerprint density at radius 3 is 2.93 bits per heavy atom. The number of halogens is 1. The summed E-state index contributed by atoms with van der Waals surface area (Å²) in [6.07, 6.45) is 1.13. The number of benzene rings is 1. The van der Waals surface area contributed by atoms with Crippen molar-refractivity contribution in [2.45, 2.75) is 12.3 Å². The fourth-order valence-corrected chi connectivity index (χ4v) is 2.10. The molecule has 0 spiro atoms. The molecule has 1 aromatic rings. The Balaban J connectivity index is 2.33. The molecule has 1 saturated heterocycles. The van der Waals surface area contributed by atoms with E-state index in [0.717, 1.165) is 19.5 Å². The minimum absolute atomic E-state index is 0.515. The molecule has 1 heterocycles. The van der Waals surface area contributed by atoms with Crippen LogP contribution in [0.15, 0.2) is 18.2 Å². The number of nitrogens with zero attached hydrogens (tertiary/aromatic N) is 1. The molecule has 1 fully saturated rings. The Labute approximate surface area is 88.5 Å². The standard InChI is InChI=1S/C11H11ClN2/c12-11-4-8(6-13)3-10(5-11)9-1-2-14-7-9/h3-5,9,14H,1-2,7H2. The summed E-state index contributed by atoms with van der Waals surface area (Å²) in [5, 5.41) is 12.8. The zero-order valence-corrected chi connectivity index (χ0v) is 8.51. The number of nitrogens with one attached hydrogen (secondary N) is 1. The Hall–Kier alpha value is -1.04. The van der Waals surface area contributed by atoms with Crippen molar-refractivity contribution in [2.24, 2.45) is 0 Å². The van der Waals surface area contributed by atoms with Crippen LogP contribution in [0.3, 0.4) is 0 Å². The molecule has 1 aromatic carbocycles. The maximum Gasteiger partial charge on any atom is 0.0992 e. The summed E-state index contributed by atoms with van der Waals surface area (Å²) in [4.78, 5) is 0. The molecule has 2 rings (SSSR count). The summed E-state index contributed by atoms with van der Waals surface area (Å²) < 4.78 is 0. The lowest BCUT2D eigenvalue weighted by atomic mass is 9.97. The van der Waals surface area contributed by atoms with Crippen molar-refractivity contribution in [2.75, 3.05) is 13.1 Å². The van der Waals surface area contributed by atoms with Crippen LogP contribution in [0.1, 0.15) is 23.5 Å². The van der Waals surface area contributed by atoms with E-state index in [1.165, 1.54) is 5.56 Å². The van der Waals surface area contributed by atoms with Crippen LogP contribution in [0.25, 0.3) is 0 Å². The monoisotopic (exact) mass is 206 g/mol. The molecule has 0 radical (unpaired) electrons. The van der Waals surface area contributed by atoms with Crippen LogP contribution in [0, 0.1) is 11.3 Å². The van der Waals surface area contributed by atoms with Crippen LogP contribution in [-0.4, -0.2) is 13.1 Å². The SMILES string of the molecule is N#Cc1cc(Cl)cc(C2CCNC2)c1. The van der Waals surface area contributed by atoms with E-state index in [1.54, 1.807) is 6.07 Å². The van der Waals surface area contributed by atoms with Crippen LogP contribution in [0.4, 0.5) is 0 Å². The molecule has 1 aliphatic heterocycles. The normalized spacial score (nSPS) is 20.7. The lowest BCUT2D eigenvalue weighted by Gasteiger charge is -2.09. The van der Waals surface area contributed by atoms with Gasteiger partial charge in [0.1, 0.15) is 0 Å². The van der Waals surface area contributed by atoms with Gasteiger partial charge in [-0.3, -0.25) is 0 Å². The zero-order valence-electron chi connectivity index (χ0n) is 7.76. The van der Waals surface area contributed by atoms with Gasteiger partial charge in [-0.2, -0.15) is 5.26 Å². The fourth-order valence-electron chi connectivity index (χ4n) is 1.85. The fraction of sp³-hybridized carbons (Fsp3) is 0.364. The smallest absolute Gasteiger partial charge is 0.0992 e. The Bertz CT molecular complexity index is 375. The van der Waals surface area contributed by atoms with E-state index >= 15 is 0 Å². The highest BCUT2D eigenvalue weighted by atomic mass is 35.5. The maximum atomic E-state index is 8.81. The van der Waals surface area contributed by atoms with Crippen LogP contribution < -0.4 is 5.32 Å². The average molecular weight is 207 g/mol. The lowest BCUT2D eigenvalue weighted by Crippen LogP contribution is -2.08. The molecule has 0 saturated carbocycles. The molecule has 0 aromatic heterocycles. The highest BCUT2D eigenvalue weighted by Crippen LogP contribution is 2.26. The van der Waals surface area contributed by atoms with Gasteiger partial charge in [0, 0.05) is 11.6 Å². The molecule has 72 valence electrons. The van der Waals surface area contributed by atoms with Gasteiger partial charge in [-0.25, -0.2) is 0 Å². The predicted molar refractivity (Wildman–Crippen MR) is 56.4 cm³/mol. The molecule has 1 N–H and O–H groups in total. The molecule has 0 aliphatic carbocycles. The predicted octanol–water partition coefficient (Wildman–Crippen LogP) is 2.29. The second-order valence-electron chi connectivity index (χ2n) is 3.57. The van der Waals surface area contributed by atoms with Gasteiger partial charge in [-0.15, -0.1) is 0 Å². The van der Waals surface area contributed by atoms with E-state index in [2.05, 4.69) is 11.4 Å². The summed E-state index contributed by atoms with van der Waals surface area (Å²) in [5.41, 5.74) is 1.83. The first-order valence-electron chi connectivity index (χ1n) is 4.71. The maximum absolute atomic E-state index is 8.81. The van der Waals surface area contributed by atoms with Crippen molar-refractivity contribution in [3.63, 3.8) is 0 Å². The van der Waals surface area contributed by atoms with Gasteiger partial charge in [0.05, 0.1) is 11.6 Å². The highest BCUT2D eigenvalue weighted by molar-refractivity contribution is 6.30. The van der Waals surface area contributed by atoms with Gasteiger partial charge in [0.2, 0.25) is 0 Å². The van der Waals surface area contributed by atoms with Gasteiger partial charge >= 0.3 is 0 Å². The van der Waals surface area contributed by atoms with E-state index in [9.17, 15) is 0 Å². The Morgan fingerprint density at radius 1 is 1.43 bits per heavy atom. The first-order chi connectivity index (χ1) is 6.79. The van der Waals surface area contributed by atoms with Gasteiger partial charge in [-0.05, 0) is 42.6 Å². The van der Waals surface area contributed by atoms with Gasteiger partial charge in [0.15, 0.2) is 0 Å². The van der Waals surface area contributed by atoms with Gasteiger partial charge in [-0.1, -0.05) is 11.6 Å². The van der Waals surface area contributed by atoms with Crippen molar-refractivity contribution < 1.29 is 0 Å². The van der Waals surface area contributed by atoms with Gasteiger partial charge < -0.3 is 5.32 Å². The van der Waals surface area contributed by atoms with E-state index in [1.807, 2.05) is 12.1 Å². The largest absolute Gasteiger partial charge is 0.316 e. The van der Waals surface area contributed by atoms with E-state index in [0.29, 0.717) is 16.5 Å². The molecule has 3 heteroatoms. The topological polar surface area (TPSA) is 35.8 Å². The molecule has 1 atom stereocenters. The molecular formula is C11H11ClN2. The van der Waals surface area contributed by atoms with Crippen LogP contribution in [-0.2, 0) is 0 Å². The number of hydrogen-bond donors (Lipinski definition) is 1. The minimum Gasteiger partial charge on any atom is -0.316 e. The lowest BCUT2D eigenvalue weighted by molar-refractivity contribution is 0.763. The van der Waals surface area contributed by atoms with Crippen molar-refractivity contribution in [1.82, 2.24) is 5.32 Å². The van der Waals surface area contributed by atoms with Crippen LogP contribution in [0.2, 0.25) is 5.02 Å². The molecule has 2 nitrogen and oxygen atoms in total. The van der Waals surface area contributed by atoms with E-state index < -0.39 is 0 Å². The van der Waals surface area contributed by atoms with Crippen LogP contribution >= 0.6 is 11.6 Å². The van der Waals surface area contributed by atoms with Crippen molar-refractivity contribution >= 4 is 11.6 Å². The van der Waals surface area contributed by atoms with Crippen molar-refractivity contribution in [3.8, 4) is 6.07 Å². The Kier molecular flexibility index (Phi) is 2.72. The van der Waals surface area contributed by atoms with Crippen molar-refractivity contribution in [3.05, 3.63) is 34.3 Å². The first kappa shape index (κ1) is 9.51. The second kappa shape index (κ2) is 4.00. The van der Waals surface area contributed by atoms with E-state index in [-0.39, 0.29) is 0 Å².